The molecule has 1 aliphatic carbocycles. The van der Waals surface area contributed by atoms with E-state index in [0.29, 0.717) is 48.7 Å². The van der Waals surface area contributed by atoms with E-state index in [0.717, 1.165) is 48.8 Å². The summed E-state index contributed by atoms with van der Waals surface area (Å²) in [5.74, 6) is 1.55. The largest absolute Gasteiger partial charge is 0.588 e. The van der Waals surface area contributed by atoms with Crippen LogP contribution in [0.4, 0.5) is 0 Å². The van der Waals surface area contributed by atoms with Crippen LogP contribution in [0.15, 0.2) is 170 Å². The maximum atomic E-state index is 14.9. The van der Waals surface area contributed by atoms with E-state index in [1.807, 2.05) is 125 Å². The van der Waals surface area contributed by atoms with Gasteiger partial charge in [-0.3, -0.25) is 9.05 Å². The summed E-state index contributed by atoms with van der Waals surface area (Å²) < 4.78 is 67.3. The lowest BCUT2D eigenvalue weighted by Crippen LogP contribution is -2.32. The van der Waals surface area contributed by atoms with Gasteiger partial charge in [-0.2, -0.15) is 0 Å². The summed E-state index contributed by atoms with van der Waals surface area (Å²) >= 11 is 0. The molecule has 6 aromatic carbocycles. The van der Waals surface area contributed by atoms with E-state index in [1.54, 1.807) is 36.4 Å². The molecular weight excluding hydrogens is 815 g/mol. The molecule has 1 unspecified atom stereocenters. The average molecular weight is 873 g/mol. The molecule has 1 aliphatic rings. The molecule has 1 fully saturated rings. The van der Waals surface area contributed by atoms with Gasteiger partial charge in [0.2, 0.25) is 0 Å². The van der Waals surface area contributed by atoms with Crippen molar-refractivity contribution in [2.75, 3.05) is 0 Å². The van der Waals surface area contributed by atoms with Crippen LogP contribution in [-0.2, 0) is 34.8 Å². The van der Waals surface area contributed by atoms with Crippen molar-refractivity contribution in [2.45, 2.75) is 102 Å². The van der Waals surface area contributed by atoms with Gasteiger partial charge in [0, 0.05) is 5.41 Å². The highest BCUT2D eigenvalue weighted by atomic mass is 31.2. The summed E-state index contributed by atoms with van der Waals surface area (Å²) in [5, 5.41) is 0. The third-order valence-electron chi connectivity index (χ3n) is 12.3. The smallest absolute Gasteiger partial charge is 0.395 e. The number of benzene rings is 6. The fourth-order valence-electron chi connectivity index (χ4n) is 8.75. The Kier molecular flexibility index (Phi) is 14.5. The first-order valence-corrected chi connectivity index (χ1v) is 24.8. The molecular formula is C52H58O8P2. The molecule has 0 aliphatic heterocycles. The monoisotopic (exact) mass is 872 g/mol. The Morgan fingerprint density at radius 2 is 0.710 bits per heavy atom. The molecule has 1 atom stereocenters. The van der Waals surface area contributed by atoms with Crippen molar-refractivity contribution < 1.29 is 36.3 Å². The summed E-state index contributed by atoms with van der Waals surface area (Å²) in [6, 6.07) is 53.3. The minimum Gasteiger partial charge on any atom is -0.395 e. The van der Waals surface area contributed by atoms with Gasteiger partial charge in [0.15, 0.2) is 0 Å². The zero-order valence-electron chi connectivity index (χ0n) is 36.2. The standard InChI is InChI=1S/C52H58O8P2/c1-5-51(6-2,44-24-14-9-15-25-44)59-62(54,57-48-30-20-12-21-31-48)58-49-38-36-43(37-39-49)50(40-22-13-23-41-50)42-32-34-45(35-33-42)52(7-3,8-4)60-61(53,55-46-26-16-10-17-27-46)56-47-28-18-11-19-29-47/h9-12,14-21,24-39H,5-8,13,22-23,40-41H2,1-4H3. The molecule has 0 amide bonds. The highest BCUT2D eigenvalue weighted by Crippen LogP contribution is 2.58. The zero-order chi connectivity index (χ0) is 43.5. The summed E-state index contributed by atoms with van der Waals surface area (Å²) in [5.41, 5.74) is 1.97. The number of phosphoric ester groups is 2. The van der Waals surface area contributed by atoms with Crippen LogP contribution in [-0.4, -0.2) is 0 Å². The van der Waals surface area contributed by atoms with Gasteiger partial charge >= 0.3 is 15.6 Å². The Morgan fingerprint density at radius 1 is 0.403 bits per heavy atom. The van der Waals surface area contributed by atoms with E-state index in [-0.39, 0.29) is 5.41 Å². The topological polar surface area (TPSA) is 89.5 Å². The highest BCUT2D eigenvalue weighted by Gasteiger charge is 2.45. The molecule has 7 rings (SSSR count). The van der Waals surface area contributed by atoms with Crippen LogP contribution in [0.25, 0.3) is 0 Å². The van der Waals surface area contributed by atoms with E-state index >= 15 is 0 Å². The van der Waals surface area contributed by atoms with Crippen molar-refractivity contribution in [1.29, 1.82) is 0 Å². The molecule has 0 spiro atoms. The fraction of sp³-hybridized carbons (Fsp3) is 0.308. The predicted octanol–water partition coefficient (Wildman–Crippen LogP) is 15.5. The van der Waals surface area contributed by atoms with Crippen molar-refractivity contribution in [3.63, 3.8) is 0 Å². The van der Waals surface area contributed by atoms with Crippen LogP contribution in [0.3, 0.4) is 0 Å². The van der Waals surface area contributed by atoms with Crippen LogP contribution in [0, 0.1) is 0 Å². The third kappa shape index (κ3) is 10.2. The van der Waals surface area contributed by atoms with Gasteiger partial charge in [0.05, 0.1) is 0 Å². The molecule has 0 radical (unpaired) electrons. The molecule has 8 nitrogen and oxygen atoms in total. The van der Waals surface area contributed by atoms with Gasteiger partial charge < -0.3 is 18.1 Å². The number of hydrogen-bond acceptors (Lipinski definition) is 8. The Labute approximate surface area is 367 Å². The number of phosphoric acid groups is 2. The molecule has 10 heteroatoms. The lowest BCUT2D eigenvalue weighted by Gasteiger charge is -2.39. The molecule has 1 saturated carbocycles. The van der Waals surface area contributed by atoms with E-state index in [2.05, 4.69) is 36.4 Å². The SMILES string of the molecule is CCC(CC)(OP(=O)(Oc1ccccc1)Oc1ccc(C2(c3ccc(C(CC)(CC)OP(=O)(Oc4ccccc4)Oc4ccccc4)cc3)CCCCC2)cc1)c1ccccc1. The van der Waals surface area contributed by atoms with Crippen molar-refractivity contribution >= 4 is 15.6 Å². The second-order valence-corrected chi connectivity index (χ2v) is 18.8. The molecule has 0 bridgehead atoms. The van der Waals surface area contributed by atoms with Gasteiger partial charge in [-0.05, 0) is 109 Å². The number of para-hydroxylation sites is 3. The van der Waals surface area contributed by atoms with E-state index in [1.165, 1.54) is 5.56 Å². The molecule has 0 aromatic heterocycles. The summed E-state index contributed by atoms with van der Waals surface area (Å²) in [7, 11) is -8.44. The maximum Gasteiger partial charge on any atom is 0.588 e. The van der Waals surface area contributed by atoms with Crippen LogP contribution in [0.2, 0.25) is 0 Å². The zero-order valence-corrected chi connectivity index (χ0v) is 38.0. The second-order valence-electron chi connectivity index (χ2n) is 15.9. The van der Waals surface area contributed by atoms with E-state index in [9.17, 15) is 9.13 Å². The third-order valence-corrected chi connectivity index (χ3v) is 15.2. The molecule has 6 aromatic rings. The van der Waals surface area contributed by atoms with Gasteiger partial charge in [-0.25, -0.2) is 9.13 Å². The van der Waals surface area contributed by atoms with Crippen molar-refractivity contribution in [1.82, 2.24) is 0 Å². The summed E-state index contributed by atoms with van der Waals surface area (Å²) in [4.78, 5) is 0. The quantitative estimate of drug-likeness (QED) is 0.0701. The highest BCUT2D eigenvalue weighted by molar-refractivity contribution is 7.49. The minimum atomic E-state index is -4.24. The Balaban J connectivity index is 1.18. The lowest BCUT2D eigenvalue weighted by atomic mass is 9.65. The predicted molar refractivity (Wildman–Crippen MR) is 247 cm³/mol. The van der Waals surface area contributed by atoms with Crippen LogP contribution in [0.5, 0.6) is 23.0 Å². The normalized spacial score (nSPS) is 15.2. The number of hydrogen-bond donors (Lipinski definition) is 0. The van der Waals surface area contributed by atoms with Crippen LogP contribution < -0.4 is 18.1 Å². The molecule has 0 heterocycles. The Bertz CT molecular complexity index is 2330. The first-order chi connectivity index (χ1) is 30.1. The van der Waals surface area contributed by atoms with Gasteiger partial charge in [-0.15, -0.1) is 0 Å². The first-order valence-electron chi connectivity index (χ1n) is 21.9. The lowest BCUT2D eigenvalue weighted by molar-refractivity contribution is 0.0277. The summed E-state index contributed by atoms with van der Waals surface area (Å²) in [6.07, 6.45) is 7.43. The molecule has 0 N–H and O–H groups in total. The first kappa shape index (κ1) is 44.9. The molecule has 324 valence electrons. The molecule has 0 saturated heterocycles. The van der Waals surface area contributed by atoms with Crippen molar-refractivity contribution in [3.8, 4) is 23.0 Å². The van der Waals surface area contributed by atoms with Crippen LogP contribution >= 0.6 is 15.6 Å². The van der Waals surface area contributed by atoms with Gasteiger partial charge in [0.25, 0.3) is 0 Å². The minimum absolute atomic E-state index is 0.271. The van der Waals surface area contributed by atoms with Gasteiger partial charge in [0.1, 0.15) is 34.2 Å². The van der Waals surface area contributed by atoms with E-state index in [4.69, 9.17) is 27.1 Å². The maximum absolute atomic E-state index is 14.9. The molecule has 62 heavy (non-hydrogen) atoms. The second kappa shape index (κ2) is 19.9. The van der Waals surface area contributed by atoms with Crippen molar-refractivity contribution in [3.05, 3.63) is 192 Å². The van der Waals surface area contributed by atoms with Gasteiger partial charge in [-0.1, -0.05) is 168 Å². The fourth-order valence-corrected chi connectivity index (χ4v) is 12.1. The summed E-state index contributed by atoms with van der Waals surface area (Å²) in [6.45, 7) is 8.09. The van der Waals surface area contributed by atoms with Crippen molar-refractivity contribution in [2.24, 2.45) is 0 Å². The van der Waals surface area contributed by atoms with E-state index < -0.39 is 26.8 Å². The average Bonchev–Trinajstić information content (AvgIpc) is 3.32. The Hall–Kier alpha value is -5.10. The van der Waals surface area contributed by atoms with Crippen LogP contribution in [0.1, 0.15) is 108 Å². The Morgan fingerprint density at radius 3 is 1.06 bits per heavy atom. The number of rotatable bonds is 20.